The molecular weight excluding hydrogens is 1020 g/mol. The van der Waals surface area contributed by atoms with Gasteiger partial charge in [-0.2, -0.15) is 46.8 Å². The number of carbonyl (C=O) groups excluding carboxylic acids is 6. The molecule has 5 aromatic carbocycles. The first kappa shape index (κ1) is 54.2. The van der Waals surface area contributed by atoms with Gasteiger partial charge in [-0.1, -0.05) is 72.4 Å². The van der Waals surface area contributed by atoms with Crippen LogP contribution in [0.4, 0.5) is 60.5 Å². The van der Waals surface area contributed by atoms with Gasteiger partial charge < -0.3 is 21.3 Å². The maximum atomic E-state index is 13.6. The van der Waals surface area contributed by atoms with Crippen molar-refractivity contribution >= 4 is 116 Å². The molecule has 366 valence electrons. The number of rotatable bonds is 16. The number of amides is 4. The highest BCUT2D eigenvalue weighted by molar-refractivity contribution is 6.37. The fraction of sp³-hybridized carbons (Fsp3) is 0.217. The molecule has 5 rings (SSSR count). The van der Waals surface area contributed by atoms with Gasteiger partial charge in [-0.3, -0.25) is 28.8 Å². The molecule has 2 unspecified atom stereocenters. The zero-order valence-corrected chi connectivity index (χ0v) is 39.7. The molecule has 0 saturated heterocycles. The Balaban J connectivity index is 1.31. The van der Waals surface area contributed by atoms with Crippen LogP contribution in [0.15, 0.2) is 105 Å². The number of hydrogen-bond acceptors (Lipinski definition) is 10. The molecule has 0 fully saturated rings. The number of ketones is 2. The number of alkyl halides is 6. The molecule has 0 heterocycles. The third-order valence-corrected chi connectivity index (χ3v) is 11.4. The van der Waals surface area contributed by atoms with Gasteiger partial charge in [-0.25, -0.2) is 0 Å². The number of carbonyl (C=O) groups is 6. The topological polar surface area (TPSA) is 200 Å². The summed E-state index contributed by atoms with van der Waals surface area (Å²) in [5, 5.41) is 23.8. The second-order valence-corrected chi connectivity index (χ2v) is 16.4. The van der Waals surface area contributed by atoms with E-state index in [1.54, 1.807) is 26.0 Å². The van der Waals surface area contributed by atoms with Crippen molar-refractivity contribution in [1.29, 1.82) is 0 Å². The van der Waals surface area contributed by atoms with E-state index in [4.69, 9.17) is 46.4 Å². The Morgan fingerprint density at radius 2 is 0.871 bits per heavy atom. The maximum absolute atomic E-state index is 13.6. The second kappa shape index (κ2) is 22.8. The van der Waals surface area contributed by atoms with E-state index in [2.05, 4.69) is 41.7 Å². The van der Waals surface area contributed by atoms with E-state index < -0.39 is 80.8 Å². The van der Waals surface area contributed by atoms with Crippen LogP contribution in [0.3, 0.4) is 0 Å². The number of halogens is 10. The predicted molar refractivity (Wildman–Crippen MR) is 252 cm³/mol. The summed E-state index contributed by atoms with van der Waals surface area (Å²) in [5.74, 6) is -5.17. The summed E-state index contributed by atoms with van der Waals surface area (Å²) < 4.78 is 80.3. The van der Waals surface area contributed by atoms with Crippen molar-refractivity contribution in [1.82, 2.24) is 0 Å². The fourth-order valence-corrected chi connectivity index (χ4v) is 7.34. The Morgan fingerprint density at radius 3 is 1.19 bits per heavy atom. The molecular formula is C46H36Cl4F6N8O6. The predicted octanol–water partition coefficient (Wildman–Crippen LogP) is 13.3. The van der Waals surface area contributed by atoms with Gasteiger partial charge in [-0.15, -0.1) is 0 Å². The highest BCUT2D eigenvalue weighted by Crippen LogP contribution is 2.40. The molecule has 4 N–H and O–H groups in total. The van der Waals surface area contributed by atoms with E-state index in [0.29, 0.717) is 11.1 Å². The fourth-order valence-electron chi connectivity index (χ4n) is 6.37. The zero-order chi connectivity index (χ0) is 51.8. The lowest BCUT2D eigenvalue weighted by atomic mass is 10.0. The van der Waals surface area contributed by atoms with Gasteiger partial charge >= 0.3 is 12.4 Å². The number of anilines is 4. The Bertz CT molecular complexity index is 2770. The van der Waals surface area contributed by atoms with Gasteiger partial charge in [0.2, 0.25) is 12.1 Å². The Labute approximate surface area is 414 Å². The minimum atomic E-state index is -4.80. The number of Topliss-reactive ketones (excluding diaryl/α,β-unsaturated/α-hetero) is 2. The minimum absolute atomic E-state index is 0.0571. The molecule has 0 radical (unpaired) electrons. The van der Waals surface area contributed by atoms with E-state index in [9.17, 15) is 55.1 Å². The molecule has 0 aliphatic rings. The largest absolute Gasteiger partial charge is 0.417 e. The van der Waals surface area contributed by atoms with E-state index in [0.717, 1.165) is 62.4 Å². The Morgan fingerprint density at radius 1 is 0.514 bits per heavy atom. The number of aryl methyl sites for hydroxylation is 2. The smallest absolute Gasteiger partial charge is 0.323 e. The van der Waals surface area contributed by atoms with Crippen molar-refractivity contribution in [3.8, 4) is 0 Å². The highest BCUT2D eigenvalue weighted by atomic mass is 35.5. The molecule has 0 saturated carbocycles. The molecule has 0 aliphatic heterocycles. The summed E-state index contributed by atoms with van der Waals surface area (Å²) in [4.78, 5) is 78.8. The number of benzene rings is 5. The van der Waals surface area contributed by atoms with E-state index in [1.807, 2.05) is 0 Å². The number of nitrogens with one attached hydrogen (secondary N) is 4. The number of azo groups is 2. The van der Waals surface area contributed by atoms with Crippen molar-refractivity contribution in [2.45, 2.75) is 65.0 Å². The monoisotopic (exact) mass is 1050 g/mol. The van der Waals surface area contributed by atoms with Crippen molar-refractivity contribution < 1.29 is 55.1 Å². The second-order valence-electron chi connectivity index (χ2n) is 14.9. The lowest BCUT2D eigenvalue weighted by molar-refractivity contribution is -0.138. The number of nitrogens with zero attached hydrogens (tertiary/aromatic N) is 4. The van der Waals surface area contributed by atoms with Crippen LogP contribution in [-0.4, -0.2) is 47.3 Å². The highest BCUT2D eigenvalue weighted by Gasteiger charge is 2.35. The maximum Gasteiger partial charge on any atom is 0.417 e. The van der Waals surface area contributed by atoms with Crippen molar-refractivity contribution in [2.24, 2.45) is 20.5 Å². The van der Waals surface area contributed by atoms with E-state index in [-0.39, 0.29) is 68.1 Å². The van der Waals surface area contributed by atoms with Crippen molar-refractivity contribution in [3.63, 3.8) is 0 Å². The van der Waals surface area contributed by atoms with Crippen LogP contribution in [0.2, 0.25) is 20.1 Å². The van der Waals surface area contributed by atoms with Crippen LogP contribution in [0.1, 0.15) is 70.7 Å². The normalized spacial score (nSPS) is 12.7. The van der Waals surface area contributed by atoms with Crippen molar-refractivity contribution in [3.05, 3.63) is 138 Å². The molecule has 24 heteroatoms. The number of hydrogen-bond donors (Lipinski definition) is 4. The van der Waals surface area contributed by atoms with Crippen LogP contribution >= 0.6 is 46.4 Å². The van der Waals surface area contributed by atoms with Crippen LogP contribution in [0.25, 0.3) is 0 Å². The summed E-state index contributed by atoms with van der Waals surface area (Å²) in [6.07, 6.45) is -9.04. The summed E-state index contributed by atoms with van der Waals surface area (Å²) >= 11 is 24.3. The molecule has 0 bridgehead atoms. The third kappa shape index (κ3) is 13.3. The standard InChI is InChI=1S/C46H36Cl4F6N8O6/c1-5-23-17-36(60-44(70)40(22(4)66)64-62-26-14-16-32(48)28(20-26)42(68)58-34-12-8-10-30(38(34)50)46(54,55)56)24(6-2)18-35(23)59-43(69)39(21(3)65)63-61-25-13-15-31(47)27(19-25)41(67)57-33-11-7-9-29(37(33)49)45(51,52)53/h7-20,39-40H,5-6H2,1-4H3,(H,57,67)(H,58,68)(H,59,69)(H,60,70). The van der Waals surface area contributed by atoms with Crippen LogP contribution in [-0.2, 0) is 44.4 Å². The lowest BCUT2D eigenvalue weighted by Gasteiger charge is -2.18. The molecule has 0 aromatic heterocycles. The molecule has 70 heavy (non-hydrogen) atoms. The summed E-state index contributed by atoms with van der Waals surface area (Å²) in [6, 6.07) is 12.9. The summed E-state index contributed by atoms with van der Waals surface area (Å²) in [6.45, 7) is 5.65. The van der Waals surface area contributed by atoms with E-state index in [1.165, 1.54) is 24.3 Å². The molecule has 5 aromatic rings. The first-order valence-electron chi connectivity index (χ1n) is 20.4. The quantitative estimate of drug-likeness (QED) is 0.0430. The molecule has 14 nitrogen and oxygen atoms in total. The molecule has 4 amide bonds. The third-order valence-electron chi connectivity index (χ3n) is 9.94. The van der Waals surface area contributed by atoms with E-state index >= 15 is 0 Å². The lowest BCUT2D eigenvalue weighted by Crippen LogP contribution is -2.33. The van der Waals surface area contributed by atoms with Gasteiger partial charge in [-0.05, 0) is 111 Å². The van der Waals surface area contributed by atoms with Crippen molar-refractivity contribution in [2.75, 3.05) is 21.3 Å². The first-order chi connectivity index (χ1) is 32.8. The zero-order valence-electron chi connectivity index (χ0n) is 36.7. The van der Waals surface area contributed by atoms with Crippen LogP contribution < -0.4 is 21.3 Å². The van der Waals surface area contributed by atoms with Gasteiger partial charge in [0.1, 0.15) is 0 Å². The van der Waals surface area contributed by atoms with Gasteiger partial charge in [0, 0.05) is 11.4 Å². The summed E-state index contributed by atoms with van der Waals surface area (Å²) in [5.41, 5.74) is -2.24. The van der Waals surface area contributed by atoms with Gasteiger partial charge in [0.05, 0.1) is 65.1 Å². The average Bonchev–Trinajstić information content (AvgIpc) is 3.28. The van der Waals surface area contributed by atoms with Gasteiger partial charge in [0.15, 0.2) is 11.6 Å². The Kier molecular flexibility index (Phi) is 17.6. The molecule has 0 aliphatic carbocycles. The SMILES string of the molecule is CCc1cc(NC(=O)C(N=Nc2ccc(Cl)c(C(=O)Nc3cccc(C(F)(F)F)c3Cl)c2)C(C)=O)c(CC)cc1NC(=O)C(N=Nc1ccc(Cl)c(C(=O)Nc2cccc(C(F)(F)F)c2Cl)c1)C(C)=O. The van der Waals surface area contributed by atoms with Gasteiger partial charge in [0.25, 0.3) is 23.6 Å². The first-order valence-corrected chi connectivity index (χ1v) is 21.9. The average molecular weight is 1050 g/mol. The molecule has 2 atom stereocenters. The Hall–Kier alpha value is -6.74. The minimum Gasteiger partial charge on any atom is -0.323 e. The summed E-state index contributed by atoms with van der Waals surface area (Å²) in [7, 11) is 0. The van der Waals surface area contributed by atoms with Crippen LogP contribution in [0.5, 0.6) is 0 Å². The van der Waals surface area contributed by atoms with Crippen LogP contribution in [0, 0.1) is 0 Å². The molecule has 0 spiro atoms.